The van der Waals surface area contributed by atoms with Crippen LogP contribution in [0.2, 0.25) is 0 Å². The SMILES string of the molecule is C=C=C(CC(C#N)C#N)C(C)C. The average Bonchev–Trinajstić information content (AvgIpc) is 2.06. The van der Waals surface area contributed by atoms with Crippen LogP contribution in [0.4, 0.5) is 0 Å². The van der Waals surface area contributed by atoms with Crippen molar-refractivity contribution >= 4 is 0 Å². The molecule has 0 aromatic heterocycles. The zero-order valence-corrected chi connectivity index (χ0v) is 7.46. The summed E-state index contributed by atoms with van der Waals surface area (Å²) in [6.07, 6.45) is 0.466. The first-order chi connectivity index (χ1) is 5.65. The molecule has 0 saturated carbocycles. The maximum Gasteiger partial charge on any atom is 0.137 e. The first-order valence-electron chi connectivity index (χ1n) is 3.83. The highest BCUT2D eigenvalue weighted by molar-refractivity contribution is 5.11. The summed E-state index contributed by atoms with van der Waals surface area (Å²) in [5.41, 5.74) is 3.71. The van der Waals surface area contributed by atoms with Gasteiger partial charge in [-0.3, -0.25) is 0 Å². The third kappa shape index (κ3) is 3.06. The molecule has 0 rings (SSSR count). The molecule has 0 amide bonds. The monoisotopic (exact) mass is 160 g/mol. The predicted molar refractivity (Wildman–Crippen MR) is 46.8 cm³/mol. The molecule has 0 fully saturated rings. The zero-order valence-electron chi connectivity index (χ0n) is 7.46. The van der Waals surface area contributed by atoms with Crippen LogP contribution in [0.15, 0.2) is 17.9 Å². The number of allylic oxidation sites excluding steroid dienone is 1. The number of nitrogens with zero attached hydrogens (tertiary/aromatic N) is 2. The highest BCUT2D eigenvalue weighted by Gasteiger charge is 2.10. The molecule has 0 N–H and O–H groups in total. The van der Waals surface area contributed by atoms with Gasteiger partial charge in [-0.2, -0.15) is 10.5 Å². The van der Waals surface area contributed by atoms with Crippen LogP contribution < -0.4 is 0 Å². The lowest BCUT2D eigenvalue weighted by Gasteiger charge is -2.07. The van der Waals surface area contributed by atoms with Gasteiger partial charge in [-0.25, -0.2) is 0 Å². The van der Waals surface area contributed by atoms with Crippen LogP contribution in [0.3, 0.4) is 0 Å². The Hall–Kier alpha value is -1.50. The van der Waals surface area contributed by atoms with Crippen molar-refractivity contribution in [2.75, 3.05) is 0 Å². The molecular weight excluding hydrogens is 148 g/mol. The fourth-order valence-electron chi connectivity index (χ4n) is 0.852. The van der Waals surface area contributed by atoms with Gasteiger partial charge in [-0.05, 0) is 11.5 Å². The van der Waals surface area contributed by atoms with Crippen molar-refractivity contribution in [3.8, 4) is 12.1 Å². The topological polar surface area (TPSA) is 47.6 Å². The van der Waals surface area contributed by atoms with Crippen molar-refractivity contribution in [1.29, 1.82) is 10.5 Å². The van der Waals surface area contributed by atoms with Gasteiger partial charge >= 0.3 is 0 Å². The molecule has 0 saturated heterocycles. The number of rotatable bonds is 3. The van der Waals surface area contributed by atoms with Crippen LogP contribution in [0.5, 0.6) is 0 Å². The molecular formula is C10H12N2. The smallest absolute Gasteiger partial charge is 0.137 e. The fraction of sp³-hybridized carbons (Fsp3) is 0.500. The molecule has 62 valence electrons. The van der Waals surface area contributed by atoms with E-state index in [0.29, 0.717) is 12.3 Å². The Morgan fingerprint density at radius 1 is 1.33 bits per heavy atom. The van der Waals surface area contributed by atoms with Crippen LogP contribution in [0.1, 0.15) is 20.3 Å². The molecule has 2 nitrogen and oxygen atoms in total. The van der Waals surface area contributed by atoms with Gasteiger partial charge in [0.2, 0.25) is 0 Å². The van der Waals surface area contributed by atoms with Crippen molar-refractivity contribution in [3.63, 3.8) is 0 Å². The average molecular weight is 160 g/mol. The van der Waals surface area contributed by atoms with Gasteiger partial charge in [0.15, 0.2) is 0 Å². The lowest BCUT2D eigenvalue weighted by atomic mass is 9.94. The van der Waals surface area contributed by atoms with Crippen LogP contribution in [-0.4, -0.2) is 0 Å². The van der Waals surface area contributed by atoms with E-state index in [-0.39, 0.29) is 0 Å². The molecule has 0 aromatic rings. The minimum absolute atomic E-state index is 0.312. The largest absolute Gasteiger partial charge is 0.197 e. The van der Waals surface area contributed by atoms with Crippen molar-refractivity contribution in [3.05, 3.63) is 17.9 Å². The van der Waals surface area contributed by atoms with Gasteiger partial charge in [0, 0.05) is 6.42 Å². The first kappa shape index (κ1) is 10.5. The number of nitriles is 2. The Kier molecular flexibility index (Phi) is 4.54. The van der Waals surface area contributed by atoms with Crippen LogP contribution in [0, 0.1) is 34.5 Å². The van der Waals surface area contributed by atoms with Crippen molar-refractivity contribution < 1.29 is 0 Å². The summed E-state index contributed by atoms with van der Waals surface area (Å²) in [7, 11) is 0. The Bertz CT molecular complexity index is 255. The normalized spacial score (nSPS) is 8.83. The minimum atomic E-state index is -0.559. The summed E-state index contributed by atoms with van der Waals surface area (Å²) in [5, 5.41) is 17.0. The van der Waals surface area contributed by atoms with Gasteiger partial charge in [-0.1, -0.05) is 20.4 Å². The Balaban J connectivity index is 4.36. The Morgan fingerprint density at radius 2 is 1.83 bits per heavy atom. The van der Waals surface area contributed by atoms with E-state index >= 15 is 0 Å². The van der Waals surface area contributed by atoms with Gasteiger partial charge in [0.1, 0.15) is 5.92 Å². The van der Waals surface area contributed by atoms with E-state index in [1.165, 1.54) is 0 Å². The van der Waals surface area contributed by atoms with Gasteiger partial charge < -0.3 is 0 Å². The van der Waals surface area contributed by atoms with Gasteiger partial charge in [0.25, 0.3) is 0 Å². The third-order valence-electron chi connectivity index (χ3n) is 1.66. The molecule has 0 aromatic carbocycles. The Labute approximate surface area is 73.4 Å². The maximum atomic E-state index is 8.52. The highest BCUT2D eigenvalue weighted by atomic mass is 14.3. The molecule has 0 atom stereocenters. The number of hydrogen-bond donors (Lipinski definition) is 0. The minimum Gasteiger partial charge on any atom is -0.197 e. The fourth-order valence-corrected chi connectivity index (χ4v) is 0.852. The third-order valence-corrected chi connectivity index (χ3v) is 1.66. The second kappa shape index (κ2) is 5.19. The van der Waals surface area contributed by atoms with Crippen molar-refractivity contribution in [2.45, 2.75) is 20.3 Å². The maximum absolute atomic E-state index is 8.52. The summed E-state index contributed by atoms with van der Waals surface area (Å²) >= 11 is 0. The second-order valence-electron chi connectivity index (χ2n) is 2.87. The van der Waals surface area contributed by atoms with E-state index in [1.807, 2.05) is 26.0 Å². The quantitative estimate of drug-likeness (QED) is 0.595. The van der Waals surface area contributed by atoms with Crippen LogP contribution >= 0.6 is 0 Å². The molecule has 2 heteroatoms. The molecule has 0 bridgehead atoms. The first-order valence-corrected chi connectivity index (χ1v) is 3.83. The molecule has 0 aliphatic heterocycles. The Morgan fingerprint density at radius 3 is 2.08 bits per heavy atom. The van der Waals surface area contributed by atoms with Crippen LogP contribution in [0.25, 0.3) is 0 Å². The van der Waals surface area contributed by atoms with E-state index < -0.39 is 5.92 Å². The lowest BCUT2D eigenvalue weighted by Crippen LogP contribution is -2.00. The highest BCUT2D eigenvalue weighted by Crippen LogP contribution is 2.17. The van der Waals surface area contributed by atoms with Crippen molar-refractivity contribution in [2.24, 2.45) is 11.8 Å². The van der Waals surface area contributed by atoms with E-state index in [0.717, 1.165) is 5.57 Å². The van der Waals surface area contributed by atoms with Gasteiger partial charge in [-0.15, -0.1) is 5.73 Å². The summed E-state index contributed by atoms with van der Waals surface area (Å²) < 4.78 is 0. The zero-order chi connectivity index (χ0) is 9.56. The second-order valence-corrected chi connectivity index (χ2v) is 2.87. The number of hydrogen-bond acceptors (Lipinski definition) is 2. The summed E-state index contributed by atoms with van der Waals surface area (Å²) in [5.74, 6) is -0.247. The van der Waals surface area contributed by atoms with Gasteiger partial charge in [0.05, 0.1) is 12.1 Å². The molecule has 0 aliphatic carbocycles. The molecule has 0 heterocycles. The summed E-state index contributed by atoms with van der Waals surface area (Å²) in [6.45, 7) is 7.52. The molecule has 0 aliphatic rings. The lowest BCUT2D eigenvalue weighted by molar-refractivity contribution is 0.679. The van der Waals surface area contributed by atoms with Crippen LogP contribution in [-0.2, 0) is 0 Å². The van der Waals surface area contributed by atoms with E-state index in [2.05, 4.69) is 12.3 Å². The molecule has 0 spiro atoms. The molecule has 12 heavy (non-hydrogen) atoms. The summed E-state index contributed by atoms with van der Waals surface area (Å²) in [6, 6.07) is 3.84. The summed E-state index contributed by atoms with van der Waals surface area (Å²) in [4.78, 5) is 0. The standard InChI is InChI=1S/C10H12N2/c1-4-10(8(2)3)5-9(6-11)7-12/h8-9H,1,5H2,2-3H3. The molecule has 0 radical (unpaired) electrons. The van der Waals surface area contributed by atoms with E-state index in [1.54, 1.807) is 0 Å². The molecule has 0 unspecified atom stereocenters. The van der Waals surface area contributed by atoms with E-state index in [4.69, 9.17) is 10.5 Å². The predicted octanol–water partition coefficient (Wildman–Crippen LogP) is 2.41. The van der Waals surface area contributed by atoms with E-state index in [9.17, 15) is 0 Å². The van der Waals surface area contributed by atoms with Crippen molar-refractivity contribution in [1.82, 2.24) is 0 Å².